The summed E-state index contributed by atoms with van der Waals surface area (Å²) in [7, 11) is -2.12. The zero-order chi connectivity index (χ0) is 49.8. The second-order valence-electron chi connectivity index (χ2n) is 19.9. The fraction of sp³-hybridized carbons (Fsp3) is 0.310. The molecule has 3 heterocycles. The zero-order valence-corrected chi connectivity index (χ0v) is 42.1. The van der Waals surface area contributed by atoms with Crippen LogP contribution in [0.3, 0.4) is 0 Å². The summed E-state index contributed by atoms with van der Waals surface area (Å²) in [5, 5.41) is 6.30. The third-order valence-electron chi connectivity index (χ3n) is 14.0. The van der Waals surface area contributed by atoms with Crippen LogP contribution in [-0.2, 0) is 20.1 Å². The Morgan fingerprint density at radius 2 is 1.39 bits per heavy atom. The van der Waals surface area contributed by atoms with Crippen LogP contribution in [0.1, 0.15) is 99.3 Å². The number of hydrogen-bond acceptors (Lipinski definition) is 9. The number of sulfone groups is 1. The smallest absolute Gasteiger partial charge is 0.410 e. The van der Waals surface area contributed by atoms with Crippen molar-refractivity contribution in [1.82, 2.24) is 24.6 Å². The fourth-order valence-electron chi connectivity index (χ4n) is 10.2. The van der Waals surface area contributed by atoms with E-state index in [0.717, 1.165) is 40.7 Å². The van der Waals surface area contributed by atoms with Crippen LogP contribution in [-0.4, -0.2) is 76.7 Å². The lowest BCUT2D eigenvalue weighted by molar-refractivity contribution is 0.0292. The largest absolute Gasteiger partial charge is 0.483 e. The van der Waals surface area contributed by atoms with Crippen LogP contribution in [0, 0.1) is 12.7 Å². The molecule has 2 aromatic heterocycles. The van der Waals surface area contributed by atoms with Crippen molar-refractivity contribution in [2.24, 2.45) is 0 Å². The van der Waals surface area contributed by atoms with Crippen LogP contribution in [0.15, 0.2) is 145 Å². The standard InChI is InChI=1S/C58H59FN6O5S/c1-8-71(67,68)55-60-52-46(54(61-55)63(7)44-31-32-64(35-44)56(66)70-57(4,5)6)33-45(40-29-30-40)51(53(52)69-38(3)39-21-13-9-14-22-39)50-37(2)48(59)34-49-47(50)36-65(62-49)58(41-23-15-10-16-24-41,42-25-17-11-18-26-42)43-27-19-12-20-28-43/h9-28,33-34,36,38,40,44H,8,29-32,35H2,1-7H3/t38-,44-/m0/s1. The molecule has 1 aliphatic carbocycles. The molecule has 0 radical (unpaired) electrons. The predicted octanol–water partition coefficient (Wildman–Crippen LogP) is 12.2. The summed E-state index contributed by atoms with van der Waals surface area (Å²) in [5.41, 5.74) is 5.36. The van der Waals surface area contributed by atoms with Gasteiger partial charge in [0.1, 0.15) is 34.4 Å². The van der Waals surface area contributed by atoms with Crippen molar-refractivity contribution in [1.29, 1.82) is 0 Å². The number of hydrogen-bond donors (Lipinski definition) is 0. The molecule has 1 saturated carbocycles. The van der Waals surface area contributed by atoms with Gasteiger partial charge in [-0.1, -0.05) is 128 Å². The summed E-state index contributed by atoms with van der Waals surface area (Å²) in [6, 6.07) is 43.9. The SMILES string of the molecule is CCS(=O)(=O)c1nc(N(C)[C@H]2CCN(C(=O)OC(C)(C)C)C2)c2cc(C3CC3)c(-c3c(C)c(F)cc4nn(C(c5ccccc5)(c5ccccc5)c5ccccc5)cc34)c(O[C@@H](C)c3ccccc3)c2n1. The van der Waals surface area contributed by atoms with Crippen molar-refractivity contribution in [2.75, 3.05) is 30.8 Å². The fourth-order valence-corrected chi connectivity index (χ4v) is 10.9. The minimum atomic E-state index is -4.01. The van der Waals surface area contributed by atoms with E-state index in [9.17, 15) is 13.2 Å². The maximum absolute atomic E-state index is 17.1. The van der Waals surface area contributed by atoms with E-state index >= 15 is 4.39 Å². The third-order valence-corrected chi connectivity index (χ3v) is 15.5. The lowest BCUT2D eigenvalue weighted by atomic mass is 9.77. The Morgan fingerprint density at radius 1 is 0.817 bits per heavy atom. The first-order valence-corrected chi connectivity index (χ1v) is 26.1. The van der Waals surface area contributed by atoms with Crippen molar-refractivity contribution < 1.29 is 27.1 Å². The first-order valence-electron chi connectivity index (χ1n) is 24.5. The molecule has 0 bridgehead atoms. The summed E-state index contributed by atoms with van der Waals surface area (Å²) in [4.78, 5) is 26.8. The average molecular weight is 971 g/mol. The molecule has 2 fully saturated rings. The second-order valence-corrected chi connectivity index (χ2v) is 22.1. The van der Waals surface area contributed by atoms with Gasteiger partial charge in [0.2, 0.25) is 15.0 Å². The highest BCUT2D eigenvalue weighted by Crippen LogP contribution is 2.54. The van der Waals surface area contributed by atoms with Gasteiger partial charge in [0.25, 0.3) is 0 Å². The first kappa shape index (κ1) is 47.6. The monoisotopic (exact) mass is 970 g/mol. The Labute approximate surface area is 415 Å². The highest BCUT2D eigenvalue weighted by atomic mass is 32.2. The zero-order valence-electron chi connectivity index (χ0n) is 41.3. The maximum atomic E-state index is 17.1. The summed E-state index contributed by atoms with van der Waals surface area (Å²) >= 11 is 0. The van der Waals surface area contributed by atoms with Gasteiger partial charge in [0.05, 0.1) is 11.3 Å². The van der Waals surface area contributed by atoms with E-state index in [0.29, 0.717) is 64.1 Å². The average Bonchev–Trinajstić information content (AvgIpc) is 3.95. The van der Waals surface area contributed by atoms with Crippen molar-refractivity contribution in [3.63, 3.8) is 0 Å². The van der Waals surface area contributed by atoms with E-state index in [-0.39, 0.29) is 28.4 Å². The Hall–Kier alpha value is -7.12. The quantitative estimate of drug-likeness (QED) is 0.0821. The number of halogens is 1. The minimum Gasteiger partial charge on any atom is -0.483 e. The van der Waals surface area contributed by atoms with E-state index in [1.165, 1.54) is 6.07 Å². The third kappa shape index (κ3) is 8.78. The Kier molecular flexibility index (Phi) is 12.4. The molecule has 1 amide bonds. The first-order chi connectivity index (χ1) is 34.1. The molecule has 364 valence electrons. The van der Waals surface area contributed by atoms with Crippen LogP contribution in [0.2, 0.25) is 0 Å². The van der Waals surface area contributed by atoms with Crippen molar-refractivity contribution in [2.45, 2.75) is 95.2 Å². The molecule has 1 aliphatic heterocycles. The number of ether oxygens (including phenoxy) is 2. The predicted molar refractivity (Wildman–Crippen MR) is 277 cm³/mol. The molecule has 71 heavy (non-hydrogen) atoms. The van der Waals surface area contributed by atoms with Gasteiger partial charge in [-0.2, -0.15) is 5.10 Å². The molecule has 10 rings (SSSR count). The van der Waals surface area contributed by atoms with Crippen LogP contribution in [0.4, 0.5) is 15.0 Å². The molecule has 1 saturated heterocycles. The van der Waals surface area contributed by atoms with Gasteiger partial charge in [0.15, 0.2) is 5.75 Å². The molecule has 0 N–H and O–H groups in total. The molecule has 13 heteroatoms. The number of likely N-dealkylation sites (tertiary alicyclic amines) is 1. The Balaban J connectivity index is 1.27. The van der Waals surface area contributed by atoms with E-state index in [1.54, 1.807) is 18.7 Å². The van der Waals surface area contributed by atoms with Gasteiger partial charge in [-0.05, 0) is 99.2 Å². The second kappa shape index (κ2) is 18.6. The van der Waals surface area contributed by atoms with Crippen molar-refractivity contribution in [3.8, 4) is 16.9 Å². The number of nitrogens with zero attached hydrogens (tertiary/aromatic N) is 6. The highest BCUT2D eigenvalue weighted by molar-refractivity contribution is 7.91. The Bertz CT molecular complexity index is 3280. The summed E-state index contributed by atoms with van der Waals surface area (Å²) in [5.74, 6) is 0.112. The molecule has 0 spiro atoms. The lowest BCUT2D eigenvalue weighted by Gasteiger charge is -2.36. The van der Waals surface area contributed by atoms with Gasteiger partial charge in [-0.3, -0.25) is 4.68 Å². The number of fused-ring (bicyclic) bond motifs is 2. The van der Waals surface area contributed by atoms with Gasteiger partial charge < -0.3 is 19.3 Å². The molecular formula is C58H59FN6O5S. The molecule has 2 atom stereocenters. The number of likely N-dealkylation sites (N-methyl/N-ethyl adjacent to an activating group) is 1. The highest BCUT2D eigenvalue weighted by Gasteiger charge is 2.41. The lowest BCUT2D eigenvalue weighted by Crippen LogP contribution is -2.39. The number of carbonyl (C=O) groups excluding carboxylic acids is 1. The number of anilines is 1. The van der Waals surface area contributed by atoms with Crippen LogP contribution in [0.25, 0.3) is 32.9 Å². The van der Waals surface area contributed by atoms with E-state index in [2.05, 4.69) is 42.5 Å². The minimum absolute atomic E-state index is 0.0694. The van der Waals surface area contributed by atoms with E-state index < -0.39 is 39.0 Å². The van der Waals surface area contributed by atoms with Crippen LogP contribution < -0.4 is 9.64 Å². The van der Waals surface area contributed by atoms with Gasteiger partial charge in [-0.25, -0.2) is 27.6 Å². The van der Waals surface area contributed by atoms with Gasteiger partial charge in [-0.15, -0.1) is 0 Å². The molecule has 8 aromatic rings. The van der Waals surface area contributed by atoms with Crippen molar-refractivity contribution in [3.05, 3.63) is 179 Å². The van der Waals surface area contributed by atoms with Gasteiger partial charge in [0, 0.05) is 60.3 Å². The molecule has 11 nitrogen and oxygen atoms in total. The summed E-state index contributed by atoms with van der Waals surface area (Å²) in [6.07, 6.45) is 3.42. The number of rotatable bonds is 13. The van der Waals surface area contributed by atoms with Crippen LogP contribution in [0.5, 0.6) is 5.75 Å². The van der Waals surface area contributed by atoms with Crippen molar-refractivity contribution >= 4 is 43.6 Å². The molecule has 0 unspecified atom stereocenters. The molecule has 2 aliphatic rings. The number of aromatic nitrogens is 4. The summed E-state index contributed by atoms with van der Waals surface area (Å²) in [6.45, 7) is 11.6. The Morgan fingerprint density at radius 3 is 1.94 bits per heavy atom. The maximum Gasteiger partial charge on any atom is 0.410 e. The van der Waals surface area contributed by atoms with Crippen LogP contribution >= 0.6 is 0 Å². The topological polar surface area (TPSA) is 120 Å². The number of benzene rings is 6. The van der Waals surface area contributed by atoms with Gasteiger partial charge >= 0.3 is 6.09 Å². The molecular weight excluding hydrogens is 912 g/mol. The van der Waals surface area contributed by atoms with E-state index in [4.69, 9.17) is 24.5 Å². The summed E-state index contributed by atoms with van der Waals surface area (Å²) < 4.78 is 60.4. The number of carbonyl (C=O) groups is 1. The normalized spacial score (nSPS) is 15.8. The number of amides is 1. The van der Waals surface area contributed by atoms with E-state index in [1.807, 2.05) is 135 Å². The molecule has 6 aromatic carbocycles.